The van der Waals surface area contributed by atoms with Gasteiger partial charge in [-0.3, -0.25) is 19.3 Å². The molecule has 0 bridgehead atoms. The van der Waals surface area contributed by atoms with Crippen molar-refractivity contribution in [3.05, 3.63) is 70.1 Å². The number of imide groups is 1. The number of aliphatic hydroxyl groups excluding tert-OH is 1. The highest BCUT2D eigenvalue weighted by Gasteiger charge is 2.34. The molecule has 1 aliphatic heterocycles. The summed E-state index contributed by atoms with van der Waals surface area (Å²) in [6.07, 6.45) is 0.989. The molecule has 3 rings (SSSR count). The molecule has 0 spiro atoms. The number of aliphatic hydroxyl groups is 1. The van der Waals surface area contributed by atoms with Crippen LogP contribution in [0.3, 0.4) is 0 Å². The Morgan fingerprint density at radius 1 is 1.19 bits per heavy atom. The molecular weight excluding hydrogens is 450 g/mol. The van der Waals surface area contributed by atoms with E-state index in [1.165, 1.54) is 0 Å². The number of nitrogens with one attached hydrogen (secondary N) is 1. The number of anilines is 1. The maximum absolute atomic E-state index is 12.6. The van der Waals surface area contributed by atoms with Gasteiger partial charge in [0.25, 0.3) is 11.1 Å². The first-order chi connectivity index (χ1) is 15.3. The lowest BCUT2D eigenvalue weighted by molar-refractivity contribution is -0.124. The van der Waals surface area contributed by atoms with E-state index >= 15 is 0 Å². The number of rotatable bonds is 9. The number of halogens is 1. The third-order valence-electron chi connectivity index (χ3n) is 4.66. The van der Waals surface area contributed by atoms with Gasteiger partial charge in [-0.05, 0) is 48.5 Å². The standard InChI is InChI=1S/C23H24ClN3O4S/c1-16(28)14-26(18-8-3-2-4-9-18)15-21(29)25-11-12-27-22(30)20(32-23(27)31)13-17-7-5-6-10-19(17)24/h2-10,13,16,28H,11-12,14-15H2,1H3,(H,25,29)/b20-13+. The van der Waals surface area contributed by atoms with Crippen LogP contribution in [-0.4, -0.2) is 59.3 Å². The normalized spacial score (nSPS) is 15.8. The van der Waals surface area contributed by atoms with Gasteiger partial charge in [-0.15, -0.1) is 0 Å². The van der Waals surface area contributed by atoms with Crippen LogP contribution in [0.15, 0.2) is 59.5 Å². The van der Waals surface area contributed by atoms with Gasteiger partial charge in [0.2, 0.25) is 5.91 Å². The van der Waals surface area contributed by atoms with Gasteiger partial charge < -0.3 is 15.3 Å². The SMILES string of the molecule is CC(O)CN(CC(=O)NCCN1C(=O)S/C(=C/c2ccccc2Cl)C1=O)c1ccccc1. The summed E-state index contributed by atoms with van der Waals surface area (Å²) in [6.45, 7) is 2.20. The lowest BCUT2D eigenvalue weighted by atomic mass is 10.2. The van der Waals surface area contributed by atoms with E-state index in [9.17, 15) is 19.5 Å². The van der Waals surface area contributed by atoms with Crippen molar-refractivity contribution in [1.29, 1.82) is 0 Å². The van der Waals surface area contributed by atoms with E-state index in [1.807, 2.05) is 30.3 Å². The van der Waals surface area contributed by atoms with Gasteiger partial charge in [0, 0.05) is 30.3 Å². The monoisotopic (exact) mass is 473 g/mol. The van der Waals surface area contributed by atoms with Gasteiger partial charge in [0.1, 0.15) is 0 Å². The van der Waals surface area contributed by atoms with Crippen LogP contribution < -0.4 is 10.2 Å². The lowest BCUT2D eigenvalue weighted by Gasteiger charge is -2.25. The number of hydrogen-bond acceptors (Lipinski definition) is 6. The van der Waals surface area contributed by atoms with Crippen LogP contribution in [0.4, 0.5) is 10.5 Å². The zero-order valence-electron chi connectivity index (χ0n) is 17.5. The highest BCUT2D eigenvalue weighted by atomic mass is 35.5. The molecule has 1 fully saturated rings. The average molecular weight is 474 g/mol. The minimum absolute atomic E-state index is 0.0449. The van der Waals surface area contributed by atoms with Crippen LogP contribution in [-0.2, 0) is 9.59 Å². The third kappa shape index (κ3) is 6.35. The van der Waals surface area contributed by atoms with E-state index in [0.717, 1.165) is 22.3 Å². The molecule has 1 atom stereocenters. The average Bonchev–Trinajstić information content (AvgIpc) is 3.02. The van der Waals surface area contributed by atoms with Crippen molar-refractivity contribution in [3.8, 4) is 0 Å². The molecule has 1 heterocycles. The quantitative estimate of drug-likeness (QED) is 0.543. The first-order valence-electron chi connectivity index (χ1n) is 10.1. The smallest absolute Gasteiger partial charge is 0.293 e. The number of thioether (sulfide) groups is 1. The van der Waals surface area contributed by atoms with Crippen LogP contribution in [0.5, 0.6) is 0 Å². The van der Waals surface area contributed by atoms with Crippen LogP contribution in [0, 0.1) is 0 Å². The number of benzene rings is 2. The zero-order chi connectivity index (χ0) is 23.1. The molecule has 7 nitrogen and oxygen atoms in total. The molecular formula is C23H24ClN3O4S. The van der Waals surface area contributed by atoms with Crippen LogP contribution in [0.1, 0.15) is 12.5 Å². The zero-order valence-corrected chi connectivity index (χ0v) is 19.1. The first kappa shape index (κ1) is 23.8. The predicted molar refractivity (Wildman–Crippen MR) is 127 cm³/mol. The van der Waals surface area contributed by atoms with Gasteiger partial charge in [-0.25, -0.2) is 0 Å². The molecule has 0 radical (unpaired) electrons. The Labute approximate surface area is 196 Å². The molecule has 1 saturated heterocycles. The largest absolute Gasteiger partial charge is 0.392 e. The van der Waals surface area contributed by atoms with Crippen molar-refractivity contribution in [1.82, 2.24) is 10.2 Å². The minimum Gasteiger partial charge on any atom is -0.392 e. The van der Waals surface area contributed by atoms with Crippen molar-refractivity contribution >= 4 is 52.2 Å². The summed E-state index contributed by atoms with van der Waals surface area (Å²) in [6, 6.07) is 16.4. The van der Waals surface area contributed by atoms with E-state index < -0.39 is 12.0 Å². The fourth-order valence-corrected chi connectivity index (χ4v) is 4.23. The van der Waals surface area contributed by atoms with E-state index in [2.05, 4.69) is 5.32 Å². The Morgan fingerprint density at radius 3 is 2.56 bits per heavy atom. The summed E-state index contributed by atoms with van der Waals surface area (Å²) < 4.78 is 0. The lowest BCUT2D eigenvalue weighted by Crippen LogP contribution is -2.43. The van der Waals surface area contributed by atoms with Crippen molar-refractivity contribution in [2.45, 2.75) is 13.0 Å². The highest BCUT2D eigenvalue weighted by Crippen LogP contribution is 2.33. The number of carbonyl (C=O) groups excluding carboxylic acids is 3. The van der Waals surface area contributed by atoms with Crippen molar-refractivity contribution in [3.63, 3.8) is 0 Å². The maximum atomic E-state index is 12.6. The van der Waals surface area contributed by atoms with Gasteiger partial charge in [-0.1, -0.05) is 48.0 Å². The second kappa shape index (κ2) is 11.2. The molecule has 1 unspecified atom stereocenters. The molecule has 0 aromatic heterocycles. The molecule has 2 N–H and O–H groups in total. The van der Waals surface area contributed by atoms with E-state index in [1.54, 1.807) is 42.2 Å². The number of nitrogens with zero attached hydrogens (tertiary/aromatic N) is 2. The molecule has 3 amide bonds. The van der Waals surface area contributed by atoms with Crippen molar-refractivity contribution in [2.75, 3.05) is 31.1 Å². The van der Waals surface area contributed by atoms with Gasteiger partial charge in [-0.2, -0.15) is 0 Å². The fraction of sp³-hybridized carbons (Fsp3) is 0.261. The number of hydrogen-bond donors (Lipinski definition) is 2. The summed E-state index contributed by atoms with van der Waals surface area (Å²) in [4.78, 5) is 40.5. The predicted octanol–water partition coefficient (Wildman–Crippen LogP) is 3.38. The molecule has 2 aromatic rings. The van der Waals surface area contributed by atoms with Gasteiger partial charge in [0.05, 0.1) is 17.6 Å². The molecule has 9 heteroatoms. The topological polar surface area (TPSA) is 89.9 Å². The van der Waals surface area contributed by atoms with Crippen molar-refractivity contribution < 1.29 is 19.5 Å². The highest BCUT2D eigenvalue weighted by molar-refractivity contribution is 8.18. The second-order valence-corrected chi connectivity index (χ2v) is 8.67. The van der Waals surface area contributed by atoms with E-state index in [-0.39, 0.29) is 30.8 Å². The first-order valence-corrected chi connectivity index (χ1v) is 11.3. The number of amides is 3. The fourth-order valence-electron chi connectivity index (χ4n) is 3.18. The maximum Gasteiger partial charge on any atom is 0.293 e. The molecule has 0 saturated carbocycles. The third-order valence-corrected chi connectivity index (χ3v) is 5.92. The van der Waals surface area contributed by atoms with E-state index in [4.69, 9.17) is 11.6 Å². The molecule has 32 heavy (non-hydrogen) atoms. The van der Waals surface area contributed by atoms with Crippen LogP contribution >= 0.6 is 23.4 Å². The van der Waals surface area contributed by atoms with Crippen molar-refractivity contribution in [2.24, 2.45) is 0 Å². The van der Waals surface area contributed by atoms with Crippen LogP contribution in [0.2, 0.25) is 5.02 Å². The molecule has 168 valence electrons. The van der Waals surface area contributed by atoms with Gasteiger partial charge >= 0.3 is 0 Å². The summed E-state index contributed by atoms with van der Waals surface area (Å²) >= 11 is 6.98. The Kier molecular flexibility index (Phi) is 8.33. The Bertz CT molecular complexity index is 1010. The summed E-state index contributed by atoms with van der Waals surface area (Å²) in [7, 11) is 0. The van der Waals surface area contributed by atoms with Crippen LogP contribution in [0.25, 0.3) is 6.08 Å². The second-order valence-electron chi connectivity index (χ2n) is 7.27. The molecule has 0 aliphatic carbocycles. The van der Waals surface area contributed by atoms with Gasteiger partial charge in [0.15, 0.2) is 0 Å². The minimum atomic E-state index is -0.608. The molecule has 1 aliphatic rings. The number of para-hydroxylation sites is 1. The Hall–Kier alpha value is -2.81. The molecule has 2 aromatic carbocycles. The van der Waals surface area contributed by atoms with E-state index in [0.29, 0.717) is 22.0 Å². The summed E-state index contributed by atoms with van der Waals surface area (Å²) in [5.41, 5.74) is 1.48. The Balaban J connectivity index is 1.55. The summed E-state index contributed by atoms with van der Waals surface area (Å²) in [5.74, 6) is -0.678. The number of carbonyl (C=O) groups is 3. The Morgan fingerprint density at radius 2 is 1.88 bits per heavy atom. The summed E-state index contributed by atoms with van der Waals surface area (Å²) in [5, 5.41) is 12.6.